The fourth-order valence-corrected chi connectivity index (χ4v) is 3.60. The first-order valence-electron chi connectivity index (χ1n) is 9.45. The van der Waals surface area contributed by atoms with Crippen LogP contribution in [0.15, 0.2) is 41.3 Å². The van der Waals surface area contributed by atoms with Crippen molar-refractivity contribution in [1.29, 1.82) is 0 Å². The summed E-state index contributed by atoms with van der Waals surface area (Å²) in [4.78, 5) is 33.9. The van der Waals surface area contributed by atoms with Gasteiger partial charge in [-0.2, -0.15) is 0 Å². The van der Waals surface area contributed by atoms with Crippen LogP contribution in [0.2, 0.25) is 0 Å². The minimum atomic E-state index is -4.09. The molecule has 1 aliphatic rings. The Morgan fingerprint density at radius 3 is 2.75 bits per heavy atom. The summed E-state index contributed by atoms with van der Waals surface area (Å²) in [6.45, 7) is 1.80. The zero-order valence-electron chi connectivity index (χ0n) is 17.0. The third kappa shape index (κ3) is 5.50. The normalized spacial score (nSPS) is 13.9. The highest BCUT2D eigenvalue weighted by Gasteiger charge is 2.20. The van der Waals surface area contributed by atoms with Crippen LogP contribution in [0.4, 0.5) is 17.1 Å². The predicted octanol–water partition coefficient (Wildman–Crippen LogP) is 1.25. The molecular weight excluding hydrogens is 442 g/mol. The van der Waals surface area contributed by atoms with E-state index in [0.717, 1.165) is 17.7 Å². The maximum absolute atomic E-state index is 12.3. The van der Waals surface area contributed by atoms with Gasteiger partial charge in [0.1, 0.15) is 11.4 Å². The molecule has 0 saturated carbocycles. The predicted molar refractivity (Wildman–Crippen MR) is 115 cm³/mol. The lowest BCUT2D eigenvalue weighted by atomic mass is 10.1. The Labute approximate surface area is 183 Å². The minimum Gasteiger partial charge on any atom is -0.482 e. The number of carbonyl (C=O) groups is 2. The molecule has 3 rings (SSSR count). The number of carbonyl (C=O) groups excluding carboxylic acids is 2. The number of ether oxygens (including phenoxy) is 1. The largest absolute Gasteiger partial charge is 0.482 e. The number of amides is 2. The maximum atomic E-state index is 12.3. The van der Waals surface area contributed by atoms with Crippen molar-refractivity contribution in [3.63, 3.8) is 0 Å². The van der Waals surface area contributed by atoms with E-state index in [1.807, 2.05) is 0 Å². The van der Waals surface area contributed by atoms with Gasteiger partial charge >= 0.3 is 0 Å². The summed E-state index contributed by atoms with van der Waals surface area (Å²) in [5.74, 6) is -0.0264. The van der Waals surface area contributed by atoms with E-state index >= 15 is 0 Å². The molecule has 2 amide bonds. The van der Waals surface area contributed by atoms with Crippen LogP contribution in [-0.4, -0.2) is 38.3 Å². The second-order valence-corrected chi connectivity index (χ2v) is 8.60. The summed E-state index contributed by atoms with van der Waals surface area (Å²) in [5, 5.41) is 24.5. The van der Waals surface area contributed by atoms with E-state index in [0.29, 0.717) is 11.4 Å². The molecule has 32 heavy (non-hydrogen) atoms. The second-order valence-electron chi connectivity index (χ2n) is 7.04. The molecule has 2 aromatic carbocycles. The van der Waals surface area contributed by atoms with Crippen molar-refractivity contribution in [2.75, 3.05) is 23.8 Å². The van der Waals surface area contributed by atoms with Crippen LogP contribution in [-0.2, 0) is 19.6 Å². The first-order chi connectivity index (χ1) is 15.0. The van der Waals surface area contributed by atoms with E-state index in [4.69, 9.17) is 9.88 Å². The second kappa shape index (κ2) is 9.20. The number of nitro groups is 1. The third-order valence-electron chi connectivity index (χ3n) is 4.68. The first kappa shape index (κ1) is 23.0. The molecule has 2 aromatic rings. The molecule has 13 heteroatoms. The van der Waals surface area contributed by atoms with Gasteiger partial charge in [0.2, 0.25) is 15.9 Å². The van der Waals surface area contributed by atoms with Gasteiger partial charge in [0.15, 0.2) is 6.61 Å². The highest BCUT2D eigenvalue weighted by atomic mass is 32.2. The fraction of sp³-hybridized carbons (Fsp3) is 0.263. The molecule has 1 atom stereocenters. The van der Waals surface area contributed by atoms with Crippen LogP contribution in [0.25, 0.3) is 0 Å². The average Bonchev–Trinajstić information content (AvgIpc) is 2.72. The number of hydrogen-bond acceptors (Lipinski definition) is 8. The van der Waals surface area contributed by atoms with Crippen LogP contribution < -0.4 is 25.8 Å². The standard InChI is InChI=1S/C19H21N5O7S/c1-11(12-2-5-17-15(8-12)23-19(26)10-31-17)22-18(25)6-7-21-14-4-3-13(32(20,29)30)9-16(14)24(27)28/h2-5,8-9,11,21H,6-7,10H2,1H3,(H,22,25)(H,23,26)(H2,20,29,30). The number of nitrogens with two attached hydrogens (primary N) is 1. The lowest BCUT2D eigenvalue weighted by molar-refractivity contribution is -0.384. The maximum Gasteiger partial charge on any atom is 0.293 e. The molecule has 0 aromatic heterocycles. The molecule has 1 unspecified atom stereocenters. The van der Waals surface area contributed by atoms with Crippen LogP contribution in [0.1, 0.15) is 24.9 Å². The van der Waals surface area contributed by atoms with Crippen molar-refractivity contribution < 1.29 is 27.7 Å². The first-order valence-corrected chi connectivity index (χ1v) is 11.0. The van der Waals surface area contributed by atoms with Gasteiger partial charge in [-0.05, 0) is 36.8 Å². The molecule has 0 saturated heterocycles. The van der Waals surface area contributed by atoms with Gasteiger partial charge in [-0.15, -0.1) is 0 Å². The lowest BCUT2D eigenvalue weighted by Gasteiger charge is -2.21. The molecule has 0 bridgehead atoms. The summed E-state index contributed by atoms with van der Waals surface area (Å²) in [5.41, 5.74) is 0.874. The lowest BCUT2D eigenvalue weighted by Crippen LogP contribution is -2.29. The van der Waals surface area contributed by atoms with Gasteiger partial charge < -0.3 is 20.7 Å². The van der Waals surface area contributed by atoms with Crippen molar-refractivity contribution in [3.05, 3.63) is 52.1 Å². The number of benzene rings is 2. The molecule has 0 fully saturated rings. The highest BCUT2D eigenvalue weighted by Crippen LogP contribution is 2.30. The van der Waals surface area contributed by atoms with Gasteiger partial charge in [-0.3, -0.25) is 19.7 Å². The van der Waals surface area contributed by atoms with Crippen molar-refractivity contribution in [2.45, 2.75) is 24.3 Å². The average molecular weight is 463 g/mol. The quantitative estimate of drug-likeness (QED) is 0.333. The smallest absolute Gasteiger partial charge is 0.293 e. The monoisotopic (exact) mass is 463 g/mol. The molecule has 0 radical (unpaired) electrons. The van der Waals surface area contributed by atoms with E-state index in [1.165, 1.54) is 6.07 Å². The van der Waals surface area contributed by atoms with Gasteiger partial charge in [-0.1, -0.05) is 6.07 Å². The topological polar surface area (TPSA) is 183 Å². The number of nitrogens with one attached hydrogen (secondary N) is 3. The van der Waals surface area contributed by atoms with Crippen LogP contribution >= 0.6 is 0 Å². The zero-order valence-corrected chi connectivity index (χ0v) is 17.8. The van der Waals surface area contributed by atoms with Crippen molar-refractivity contribution in [2.24, 2.45) is 5.14 Å². The zero-order chi connectivity index (χ0) is 23.5. The van der Waals surface area contributed by atoms with Gasteiger partial charge in [0.05, 0.1) is 21.5 Å². The molecule has 0 aliphatic carbocycles. The van der Waals surface area contributed by atoms with Crippen LogP contribution in [0.5, 0.6) is 5.75 Å². The van der Waals surface area contributed by atoms with E-state index in [9.17, 15) is 28.1 Å². The third-order valence-corrected chi connectivity index (χ3v) is 5.59. The summed E-state index contributed by atoms with van der Waals surface area (Å²) in [6, 6.07) is 8.06. The van der Waals surface area contributed by atoms with Crippen LogP contribution in [0.3, 0.4) is 0 Å². The van der Waals surface area contributed by atoms with E-state index < -0.39 is 20.6 Å². The number of primary sulfonamides is 1. The van der Waals surface area contributed by atoms with Crippen LogP contribution in [0, 0.1) is 10.1 Å². The Morgan fingerprint density at radius 2 is 2.06 bits per heavy atom. The number of rotatable bonds is 8. The number of fused-ring (bicyclic) bond motifs is 1. The van der Waals surface area contributed by atoms with Gasteiger partial charge in [0.25, 0.3) is 11.6 Å². The minimum absolute atomic E-state index is 0.00320. The Hall–Kier alpha value is -3.71. The summed E-state index contributed by atoms with van der Waals surface area (Å²) in [7, 11) is -4.09. The SMILES string of the molecule is CC(NC(=O)CCNc1ccc(S(N)(=O)=O)cc1[N+](=O)[O-])c1ccc2c(c1)NC(=O)CO2. The van der Waals surface area contributed by atoms with Crippen molar-refractivity contribution >= 4 is 38.9 Å². The molecule has 170 valence electrons. The van der Waals surface area contributed by atoms with Gasteiger partial charge in [-0.25, -0.2) is 13.6 Å². The summed E-state index contributed by atoms with van der Waals surface area (Å²) in [6.07, 6.45) is 0.00320. The van der Waals surface area contributed by atoms with E-state index in [1.54, 1.807) is 25.1 Å². The number of nitrogens with zero attached hydrogens (tertiary/aromatic N) is 1. The Morgan fingerprint density at radius 1 is 1.31 bits per heavy atom. The summed E-state index contributed by atoms with van der Waals surface area (Å²) >= 11 is 0. The molecule has 1 heterocycles. The van der Waals surface area contributed by atoms with Crippen molar-refractivity contribution in [3.8, 4) is 5.75 Å². The Bertz CT molecular complexity index is 1180. The van der Waals surface area contributed by atoms with Crippen molar-refractivity contribution in [1.82, 2.24) is 5.32 Å². The van der Waals surface area contributed by atoms with Gasteiger partial charge in [0, 0.05) is 19.0 Å². The number of hydrogen-bond donors (Lipinski definition) is 4. The fourth-order valence-electron chi connectivity index (χ4n) is 3.07. The van der Waals surface area contributed by atoms with E-state index in [-0.39, 0.29) is 48.0 Å². The molecule has 1 aliphatic heterocycles. The number of sulfonamides is 1. The molecule has 5 N–H and O–H groups in total. The summed E-state index contributed by atoms with van der Waals surface area (Å²) < 4.78 is 28.1. The van der Waals surface area contributed by atoms with E-state index in [2.05, 4.69) is 16.0 Å². The number of nitro benzene ring substituents is 1. The highest BCUT2D eigenvalue weighted by molar-refractivity contribution is 7.89. The molecular formula is C19H21N5O7S. The number of anilines is 2. The molecule has 0 spiro atoms. The Kier molecular flexibility index (Phi) is 6.60. The molecule has 12 nitrogen and oxygen atoms in total. The Balaban J connectivity index is 1.58.